The van der Waals surface area contributed by atoms with Crippen molar-refractivity contribution < 1.29 is 4.92 Å². The number of nitrogens with zero attached hydrogens (tertiary/aromatic N) is 3. The summed E-state index contributed by atoms with van der Waals surface area (Å²) in [5.41, 5.74) is 1.22. The standard InChI is InChI=1S/C10H6ClN3O2/c11-10-12-5-4-9(13-10)7-2-1-3-8(6-7)14(15)16/h1-6H. The topological polar surface area (TPSA) is 68.9 Å². The van der Waals surface area contributed by atoms with Gasteiger partial charge in [-0.3, -0.25) is 10.1 Å². The molecule has 2 rings (SSSR count). The number of rotatable bonds is 2. The molecule has 0 bridgehead atoms. The van der Waals surface area contributed by atoms with E-state index in [4.69, 9.17) is 11.6 Å². The van der Waals surface area contributed by atoms with Crippen LogP contribution in [0.15, 0.2) is 36.5 Å². The van der Waals surface area contributed by atoms with E-state index in [2.05, 4.69) is 9.97 Å². The first kappa shape index (κ1) is 10.5. The van der Waals surface area contributed by atoms with E-state index in [1.54, 1.807) is 18.2 Å². The summed E-state index contributed by atoms with van der Waals surface area (Å²) >= 11 is 5.64. The van der Waals surface area contributed by atoms with E-state index in [0.29, 0.717) is 11.3 Å². The van der Waals surface area contributed by atoms with Crippen LogP contribution in [0.4, 0.5) is 5.69 Å². The lowest BCUT2D eigenvalue weighted by Crippen LogP contribution is -1.90. The van der Waals surface area contributed by atoms with Crippen LogP contribution in [-0.4, -0.2) is 14.9 Å². The Labute approximate surface area is 95.9 Å². The molecule has 5 nitrogen and oxygen atoms in total. The third kappa shape index (κ3) is 2.14. The summed E-state index contributed by atoms with van der Waals surface area (Å²) in [5.74, 6) is 0. The minimum atomic E-state index is -0.452. The van der Waals surface area contributed by atoms with Crippen molar-refractivity contribution in [3.63, 3.8) is 0 Å². The van der Waals surface area contributed by atoms with Crippen molar-refractivity contribution in [2.45, 2.75) is 0 Å². The van der Waals surface area contributed by atoms with Crippen molar-refractivity contribution in [1.82, 2.24) is 9.97 Å². The summed E-state index contributed by atoms with van der Waals surface area (Å²) < 4.78 is 0. The van der Waals surface area contributed by atoms with E-state index in [0.717, 1.165) is 0 Å². The van der Waals surface area contributed by atoms with Gasteiger partial charge in [0.05, 0.1) is 10.6 Å². The first-order valence-corrected chi connectivity index (χ1v) is 4.78. The van der Waals surface area contributed by atoms with E-state index < -0.39 is 4.92 Å². The van der Waals surface area contributed by atoms with Crippen LogP contribution in [0, 0.1) is 10.1 Å². The molecular weight excluding hydrogens is 230 g/mol. The molecule has 0 saturated carbocycles. The summed E-state index contributed by atoms with van der Waals surface area (Å²) in [6.45, 7) is 0. The van der Waals surface area contributed by atoms with E-state index in [9.17, 15) is 10.1 Å². The minimum Gasteiger partial charge on any atom is -0.258 e. The zero-order valence-corrected chi connectivity index (χ0v) is 8.76. The quantitative estimate of drug-likeness (QED) is 0.456. The number of nitro benzene ring substituents is 1. The fourth-order valence-electron chi connectivity index (χ4n) is 1.27. The molecular formula is C10H6ClN3O2. The summed E-state index contributed by atoms with van der Waals surface area (Å²) in [5, 5.41) is 10.7. The molecule has 1 aromatic carbocycles. The first-order chi connectivity index (χ1) is 7.66. The van der Waals surface area contributed by atoms with Gasteiger partial charge in [-0.1, -0.05) is 12.1 Å². The summed E-state index contributed by atoms with van der Waals surface area (Å²) in [4.78, 5) is 17.9. The Bertz CT molecular complexity index is 545. The second-order valence-corrected chi connectivity index (χ2v) is 3.36. The lowest BCUT2D eigenvalue weighted by atomic mass is 10.1. The molecule has 0 unspecified atom stereocenters. The molecule has 0 atom stereocenters. The molecule has 0 radical (unpaired) electrons. The van der Waals surface area contributed by atoms with E-state index in [1.807, 2.05) is 0 Å². The van der Waals surface area contributed by atoms with Crippen molar-refractivity contribution in [2.24, 2.45) is 0 Å². The Morgan fingerprint density at radius 1 is 1.31 bits per heavy atom. The van der Waals surface area contributed by atoms with Gasteiger partial charge in [-0.2, -0.15) is 0 Å². The smallest absolute Gasteiger partial charge is 0.258 e. The second-order valence-electron chi connectivity index (χ2n) is 3.02. The Balaban J connectivity index is 2.48. The van der Waals surface area contributed by atoms with Crippen LogP contribution in [-0.2, 0) is 0 Å². The van der Waals surface area contributed by atoms with Gasteiger partial charge in [-0.25, -0.2) is 9.97 Å². The van der Waals surface area contributed by atoms with Crippen molar-refractivity contribution >= 4 is 17.3 Å². The maximum atomic E-state index is 10.6. The number of halogens is 1. The van der Waals surface area contributed by atoms with Gasteiger partial charge in [0, 0.05) is 23.9 Å². The fraction of sp³-hybridized carbons (Fsp3) is 0. The third-order valence-corrected chi connectivity index (χ3v) is 2.16. The average molecular weight is 236 g/mol. The Kier molecular flexibility index (Phi) is 2.78. The van der Waals surface area contributed by atoms with Gasteiger partial charge in [0.1, 0.15) is 0 Å². The van der Waals surface area contributed by atoms with Crippen LogP contribution in [0.3, 0.4) is 0 Å². The summed E-state index contributed by atoms with van der Waals surface area (Å²) in [6.07, 6.45) is 1.50. The molecule has 80 valence electrons. The van der Waals surface area contributed by atoms with Gasteiger partial charge >= 0.3 is 0 Å². The highest BCUT2D eigenvalue weighted by molar-refractivity contribution is 6.28. The van der Waals surface area contributed by atoms with Gasteiger partial charge in [-0.05, 0) is 17.7 Å². The maximum absolute atomic E-state index is 10.6. The summed E-state index contributed by atoms with van der Waals surface area (Å²) in [6, 6.07) is 7.84. The number of benzene rings is 1. The van der Waals surface area contributed by atoms with Crippen LogP contribution in [0.2, 0.25) is 5.28 Å². The molecule has 2 aromatic rings. The van der Waals surface area contributed by atoms with Gasteiger partial charge in [0.2, 0.25) is 5.28 Å². The van der Waals surface area contributed by atoms with Crippen LogP contribution < -0.4 is 0 Å². The molecule has 6 heteroatoms. The monoisotopic (exact) mass is 235 g/mol. The SMILES string of the molecule is O=[N+]([O-])c1cccc(-c2ccnc(Cl)n2)c1. The lowest BCUT2D eigenvalue weighted by molar-refractivity contribution is -0.384. The molecule has 1 aromatic heterocycles. The number of hydrogen-bond donors (Lipinski definition) is 0. The van der Waals surface area contributed by atoms with Crippen molar-refractivity contribution in [2.75, 3.05) is 0 Å². The first-order valence-electron chi connectivity index (χ1n) is 4.40. The average Bonchev–Trinajstić information content (AvgIpc) is 2.29. The van der Waals surface area contributed by atoms with Crippen molar-refractivity contribution in [3.05, 3.63) is 51.9 Å². The van der Waals surface area contributed by atoms with Crippen LogP contribution in [0.1, 0.15) is 0 Å². The van der Waals surface area contributed by atoms with Crippen LogP contribution >= 0.6 is 11.6 Å². The van der Waals surface area contributed by atoms with Gasteiger partial charge in [0.25, 0.3) is 5.69 Å². The van der Waals surface area contributed by atoms with Crippen LogP contribution in [0.25, 0.3) is 11.3 Å². The molecule has 0 N–H and O–H groups in total. The molecule has 0 saturated heterocycles. The molecule has 0 aliphatic rings. The zero-order valence-electron chi connectivity index (χ0n) is 8.00. The number of hydrogen-bond acceptors (Lipinski definition) is 4. The number of non-ortho nitro benzene ring substituents is 1. The normalized spacial score (nSPS) is 10.1. The molecule has 0 aliphatic carbocycles. The maximum Gasteiger partial charge on any atom is 0.270 e. The highest BCUT2D eigenvalue weighted by Gasteiger charge is 2.08. The van der Waals surface area contributed by atoms with E-state index in [1.165, 1.54) is 18.3 Å². The Morgan fingerprint density at radius 2 is 2.12 bits per heavy atom. The third-order valence-electron chi connectivity index (χ3n) is 1.98. The molecule has 1 heterocycles. The second kappa shape index (κ2) is 4.24. The Hall–Kier alpha value is -2.01. The number of nitro groups is 1. The fourth-order valence-corrected chi connectivity index (χ4v) is 1.42. The highest BCUT2D eigenvalue weighted by atomic mass is 35.5. The van der Waals surface area contributed by atoms with E-state index >= 15 is 0 Å². The predicted octanol–water partition coefficient (Wildman–Crippen LogP) is 2.71. The minimum absolute atomic E-state index is 0.0206. The molecule has 0 spiro atoms. The highest BCUT2D eigenvalue weighted by Crippen LogP contribution is 2.22. The van der Waals surface area contributed by atoms with Crippen molar-refractivity contribution in [1.29, 1.82) is 0 Å². The molecule has 0 fully saturated rings. The summed E-state index contributed by atoms with van der Waals surface area (Å²) in [7, 11) is 0. The van der Waals surface area contributed by atoms with Gasteiger partial charge in [-0.15, -0.1) is 0 Å². The van der Waals surface area contributed by atoms with Crippen LogP contribution in [0.5, 0.6) is 0 Å². The molecule has 16 heavy (non-hydrogen) atoms. The number of aromatic nitrogens is 2. The van der Waals surface area contributed by atoms with Crippen molar-refractivity contribution in [3.8, 4) is 11.3 Å². The Morgan fingerprint density at radius 3 is 2.81 bits per heavy atom. The zero-order chi connectivity index (χ0) is 11.5. The lowest BCUT2D eigenvalue weighted by Gasteiger charge is -2.00. The molecule has 0 aliphatic heterocycles. The largest absolute Gasteiger partial charge is 0.270 e. The van der Waals surface area contributed by atoms with E-state index in [-0.39, 0.29) is 11.0 Å². The van der Waals surface area contributed by atoms with Gasteiger partial charge in [0.15, 0.2) is 0 Å². The predicted molar refractivity (Wildman–Crippen MR) is 59.1 cm³/mol. The molecule has 0 amide bonds. The van der Waals surface area contributed by atoms with Gasteiger partial charge < -0.3 is 0 Å².